The van der Waals surface area contributed by atoms with E-state index in [1.54, 1.807) is 6.07 Å². The van der Waals surface area contributed by atoms with Crippen LogP contribution in [-0.2, 0) is 0 Å². The number of hydrazone groups is 1. The number of nitrogens with one attached hydrogen (secondary N) is 2. The van der Waals surface area contributed by atoms with E-state index in [1.807, 2.05) is 34.6 Å². The molecule has 0 spiro atoms. The molecule has 0 unspecified atom stereocenters. The molecule has 1 aromatic heterocycles. The third kappa shape index (κ3) is 3.18. The second-order valence-corrected chi connectivity index (χ2v) is 4.82. The maximum atomic E-state index is 11.6. The zero-order valence-electron chi connectivity index (χ0n) is 10.4. The van der Waals surface area contributed by atoms with Gasteiger partial charge in [0.25, 0.3) is 5.91 Å². The lowest BCUT2D eigenvalue weighted by Gasteiger charge is -2.17. The van der Waals surface area contributed by atoms with Crippen molar-refractivity contribution in [1.29, 1.82) is 0 Å². The molecule has 1 rings (SSSR count). The van der Waals surface area contributed by atoms with Gasteiger partial charge in [-0.25, -0.2) is 5.43 Å². The summed E-state index contributed by atoms with van der Waals surface area (Å²) in [5, 5.41) is 10.6. The molecule has 5 heteroatoms. The zero-order valence-corrected chi connectivity index (χ0v) is 10.4. The van der Waals surface area contributed by atoms with E-state index in [0.29, 0.717) is 5.69 Å². The first-order valence-electron chi connectivity index (χ1n) is 5.18. The molecule has 1 aromatic rings. The Morgan fingerprint density at radius 1 is 1.50 bits per heavy atom. The normalized spacial score (nSPS) is 12.7. The zero-order chi connectivity index (χ0) is 12.3. The van der Waals surface area contributed by atoms with Crippen molar-refractivity contribution in [2.24, 2.45) is 10.5 Å². The van der Waals surface area contributed by atoms with Crippen LogP contribution >= 0.6 is 0 Å². The van der Waals surface area contributed by atoms with Crippen molar-refractivity contribution in [3.8, 4) is 0 Å². The lowest BCUT2D eigenvalue weighted by atomic mass is 9.91. The maximum absolute atomic E-state index is 11.6. The highest BCUT2D eigenvalue weighted by atomic mass is 16.2. The highest BCUT2D eigenvalue weighted by Gasteiger charge is 2.15. The number of nitrogens with zero attached hydrogens (tertiary/aromatic N) is 2. The van der Waals surface area contributed by atoms with Crippen molar-refractivity contribution in [2.45, 2.75) is 34.6 Å². The molecule has 0 bridgehead atoms. The van der Waals surface area contributed by atoms with Crippen LogP contribution in [0.15, 0.2) is 11.2 Å². The van der Waals surface area contributed by atoms with Gasteiger partial charge in [0.1, 0.15) is 0 Å². The molecule has 0 saturated carbocycles. The summed E-state index contributed by atoms with van der Waals surface area (Å²) in [7, 11) is 0. The summed E-state index contributed by atoms with van der Waals surface area (Å²) in [4.78, 5) is 11.6. The summed E-state index contributed by atoms with van der Waals surface area (Å²) in [6.45, 7) is 9.84. The van der Waals surface area contributed by atoms with Gasteiger partial charge in [0.15, 0.2) is 5.69 Å². The van der Waals surface area contributed by atoms with E-state index in [2.05, 4.69) is 20.7 Å². The van der Waals surface area contributed by atoms with E-state index in [9.17, 15) is 4.79 Å². The second kappa shape index (κ2) is 4.47. The molecule has 0 atom stereocenters. The molecule has 2 N–H and O–H groups in total. The smallest absolute Gasteiger partial charge is 0.282 e. The van der Waals surface area contributed by atoms with E-state index in [1.165, 1.54) is 0 Å². The molecule has 1 heterocycles. The van der Waals surface area contributed by atoms with Crippen LogP contribution in [0.1, 0.15) is 43.9 Å². The predicted molar refractivity (Wildman–Crippen MR) is 63.4 cm³/mol. The predicted octanol–water partition coefficient (Wildman–Crippen LogP) is 1.87. The Balaban J connectivity index is 2.67. The molecular formula is C11H18N4O. The van der Waals surface area contributed by atoms with Crippen LogP contribution in [0, 0.1) is 12.3 Å². The molecule has 0 aliphatic heterocycles. The number of hydrogen-bond acceptors (Lipinski definition) is 3. The minimum absolute atomic E-state index is 0.0469. The molecule has 0 saturated heterocycles. The lowest BCUT2D eigenvalue weighted by Crippen LogP contribution is -2.24. The Morgan fingerprint density at radius 3 is 2.56 bits per heavy atom. The highest BCUT2D eigenvalue weighted by molar-refractivity contribution is 5.94. The summed E-state index contributed by atoms with van der Waals surface area (Å²) in [6.07, 6.45) is 0. The minimum atomic E-state index is -0.298. The van der Waals surface area contributed by atoms with E-state index in [0.717, 1.165) is 11.4 Å². The molecule has 0 radical (unpaired) electrons. The highest BCUT2D eigenvalue weighted by Crippen LogP contribution is 2.14. The van der Waals surface area contributed by atoms with Crippen molar-refractivity contribution in [3.63, 3.8) is 0 Å². The fraction of sp³-hybridized carbons (Fsp3) is 0.545. The number of aromatic nitrogens is 2. The van der Waals surface area contributed by atoms with Gasteiger partial charge < -0.3 is 0 Å². The largest absolute Gasteiger partial charge is 0.291 e. The van der Waals surface area contributed by atoms with Gasteiger partial charge in [-0.15, -0.1) is 0 Å². The van der Waals surface area contributed by atoms with Gasteiger partial charge >= 0.3 is 0 Å². The van der Waals surface area contributed by atoms with Crippen molar-refractivity contribution in [3.05, 3.63) is 17.5 Å². The molecule has 0 aliphatic rings. The van der Waals surface area contributed by atoms with E-state index < -0.39 is 0 Å². The van der Waals surface area contributed by atoms with E-state index in [4.69, 9.17) is 0 Å². The SMILES string of the molecule is C/C(=N/NC(=O)c1cc(C)[nH]n1)C(C)(C)C. The molecule has 5 nitrogen and oxygen atoms in total. The van der Waals surface area contributed by atoms with Crippen LogP contribution in [-0.4, -0.2) is 21.8 Å². The van der Waals surface area contributed by atoms with Crippen molar-refractivity contribution < 1.29 is 4.79 Å². The van der Waals surface area contributed by atoms with Crippen LogP contribution in [0.2, 0.25) is 0 Å². The first kappa shape index (κ1) is 12.4. The Kier molecular flexibility index (Phi) is 3.47. The van der Waals surface area contributed by atoms with Gasteiger partial charge in [0.05, 0.1) is 0 Å². The minimum Gasteiger partial charge on any atom is -0.282 e. The Labute approximate surface area is 95.3 Å². The molecule has 0 aliphatic carbocycles. The van der Waals surface area contributed by atoms with Gasteiger partial charge in [-0.3, -0.25) is 9.89 Å². The number of amides is 1. The molecule has 0 fully saturated rings. The van der Waals surface area contributed by atoms with Crippen LogP contribution in [0.5, 0.6) is 0 Å². The second-order valence-electron chi connectivity index (χ2n) is 4.82. The van der Waals surface area contributed by atoms with Crippen LogP contribution in [0.3, 0.4) is 0 Å². The fourth-order valence-corrected chi connectivity index (χ4v) is 0.894. The number of aryl methyl sites for hydroxylation is 1. The van der Waals surface area contributed by atoms with E-state index in [-0.39, 0.29) is 11.3 Å². The summed E-state index contributed by atoms with van der Waals surface area (Å²) in [6, 6.07) is 1.68. The topological polar surface area (TPSA) is 70.1 Å². The molecule has 88 valence electrons. The third-order valence-corrected chi connectivity index (χ3v) is 2.35. The van der Waals surface area contributed by atoms with Gasteiger partial charge in [0, 0.05) is 16.8 Å². The van der Waals surface area contributed by atoms with Crippen LogP contribution < -0.4 is 5.43 Å². The van der Waals surface area contributed by atoms with Crippen molar-refractivity contribution in [2.75, 3.05) is 0 Å². The lowest BCUT2D eigenvalue weighted by molar-refractivity contribution is 0.0949. The first-order chi connectivity index (χ1) is 7.30. The summed E-state index contributed by atoms with van der Waals surface area (Å²) >= 11 is 0. The van der Waals surface area contributed by atoms with Gasteiger partial charge in [0.2, 0.25) is 0 Å². The van der Waals surface area contributed by atoms with Gasteiger partial charge in [-0.2, -0.15) is 10.2 Å². The maximum Gasteiger partial charge on any atom is 0.291 e. The number of carbonyl (C=O) groups excluding carboxylic acids is 1. The van der Waals surface area contributed by atoms with Gasteiger partial charge in [-0.1, -0.05) is 20.8 Å². The van der Waals surface area contributed by atoms with Gasteiger partial charge in [-0.05, 0) is 19.9 Å². The fourth-order valence-electron chi connectivity index (χ4n) is 0.894. The quantitative estimate of drug-likeness (QED) is 0.592. The van der Waals surface area contributed by atoms with Crippen molar-refractivity contribution >= 4 is 11.6 Å². The Hall–Kier alpha value is -1.65. The average molecular weight is 222 g/mol. The number of rotatable bonds is 2. The monoisotopic (exact) mass is 222 g/mol. The number of carbonyl (C=O) groups is 1. The standard InChI is InChI=1S/C11H18N4O/c1-7-6-9(14-12-7)10(16)15-13-8(2)11(3,4)5/h6H,1-5H3,(H,12,14)(H,15,16)/b13-8-. The summed E-state index contributed by atoms with van der Waals surface area (Å²) < 4.78 is 0. The first-order valence-corrected chi connectivity index (χ1v) is 5.18. The molecular weight excluding hydrogens is 204 g/mol. The number of hydrogen-bond donors (Lipinski definition) is 2. The van der Waals surface area contributed by atoms with Crippen LogP contribution in [0.25, 0.3) is 0 Å². The Morgan fingerprint density at radius 2 is 2.12 bits per heavy atom. The van der Waals surface area contributed by atoms with Crippen LogP contribution in [0.4, 0.5) is 0 Å². The summed E-state index contributed by atoms with van der Waals surface area (Å²) in [5.74, 6) is -0.298. The van der Waals surface area contributed by atoms with E-state index >= 15 is 0 Å². The summed E-state index contributed by atoms with van der Waals surface area (Å²) in [5.41, 5.74) is 4.51. The number of aromatic amines is 1. The molecule has 1 amide bonds. The average Bonchev–Trinajstić information content (AvgIpc) is 2.59. The third-order valence-electron chi connectivity index (χ3n) is 2.35. The Bertz CT molecular complexity index is 412. The molecule has 16 heavy (non-hydrogen) atoms. The number of H-pyrrole nitrogens is 1. The molecule has 0 aromatic carbocycles. The van der Waals surface area contributed by atoms with Crippen molar-refractivity contribution in [1.82, 2.24) is 15.6 Å².